The van der Waals surface area contributed by atoms with Gasteiger partial charge in [0.2, 0.25) is 0 Å². The number of rotatable bonds is 9. The van der Waals surface area contributed by atoms with E-state index in [2.05, 4.69) is 10.6 Å². The fourth-order valence-electron chi connectivity index (χ4n) is 2.75. The van der Waals surface area contributed by atoms with Crippen molar-refractivity contribution in [1.29, 1.82) is 0 Å². The van der Waals surface area contributed by atoms with Crippen molar-refractivity contribution < 1.29 is 19.1 Å². The van der Waals surface area contributed by atoms with Crippen LogP contribution in [0, 0.1) is 6.92 Å². The van der Waals surface area contributed by atoms with Crippen molar-refractivity contribution in [3.63, 3.8) is 0 Å². The van der Waals surface area contributed by atoms with Crippen molar-refractivity contribution in [2.24, 2.45) is 0 Å². The molecule has 0 saturated heterocycles. The molecule has 3 rings (SSSR count). The van der Waals surface area contributed by atoms with E-state index in [-0.39, 0.29) is 17.5 Å². The number of benzene rings is 2. The second kappa shape index (κ2) is 11.0. The van der Waals surface area contributed by atoms with E-state index in [0.717, 1.165) is 16.2 Å². The Morgan fingerprint density at radius 1 is 1.03 bits per heavy atom. The zero-order valence-electron chi connectivity index (χ0n) is 17.4. The molecule has 0 unspecified atom stereocenters. The highest BCUT2D eigenvalue weighted by molar-refractivity contribution is 7.10. The monoisotopic (exact) mass is 436 g/mol. The lowest BCUT2D eigenvalue weighted by Crippen LogP contribution is -2.36. The summed E-state index contributed by atoms with van der Waals surface area (Å²) in [7, 11) is 1.56. The van der Waals surface area contributed by atoms with Gasteiger partial charge in [-0.3, -0.25) is 9.59 Å². The van der Waals surface area contributed by atoms with Gasteiger partial charge in [0, 0.05) is 10.4 Å². The number of aryl methyl sites for hydroxylation is 1. The lowest BCUT2D eigenvalue weighted by Gasteiger charge is -2.12. The van der Waals surface area contributed by atoms with Gasteiger partial charge in [0.1, 0.15) is 23.8 Å². The molecule has 1 heterocycles. The minimum absolute atomic E-state index is 0.166. The number of carbonyl (C=O) groups excluding carboxylic acids is 2. The Balaban J connectivity index is 1.63. The lowest BCUT2D eigenvalue weighted by atomic mass is 10.2. The SMILES string of the molecule is COc1ccc(C(=O)N/C(=C\c2cccs2)C(=O)NCCOc2ccccc2C)cc1. The van der Waals surface area contributed by atoms with Crippen LogP contribution in [-0.2, 0) is 4.79 Å². The second-order valence-corrected chi connectivity index (χ2v) is 7.61. The van der Waals surface area contributed by atoms with Gasteiger partial charge in [-0.1, -0.05) is 24.3 Å². The Morgan fingerprint density at radius 3 is 2.48 bits per heavy atom. The molecule has 3 aromatic rings. The highest BCUT2D eigenvalue weighted by atomic mass is 32.1. The quantitative estimate of drug-likeness (QED) is 0.392. The lowest BCUT2D eigenvalue weighted by molar-refractivity contribution is -0.117. The fraction of sp³-hybridized carbons (Fsp3) is 0.167. The van der Waals surface area contributed by atoms with Gasteiger partial charge in [-0.2, -0.15) is 0 Å². The maximum absolute atomic E-state index is 12.7. The summed E-state index contributed by atoms with van der Waals surface area (Å²) in [6, 6.07) is 18.1. The zero-order chi connectivity index (χ0) is 22.1. The first-order valence-corrected chi connectivity index (χ1v) is 10.6. The van der Waals surface area contributed by atoms with Gasteiger partial charge in [0.15, 0.2) is 0 Å². The molecule has 0 saturated carbocycles. The molecule has 31 heavy (non-hydrogen) atoms. The molecule has 0 aliphatic rings. The first-order valence-electron chi connectivity index (χ1n) is 9.74. The third kappa shape index (κ3) is 6.45. The summed E-state index contributed by atoms with van der Waals surface area (Å²) in [6.07, 6.45) is 1.66. The molecule has 0 radical (unpaired) electrons. The largest absolute Gasteiger partial charge is 0.497 e. The van der Waals surface area contributed by atoms with E-state index in [0.29, 0.717) is 24.5 Å². The molecular weight excluding hydrogens is 412 g/mol. The summed E-state index contributed by atoms with van der Waals surface area (Å²) in [5, 5.41) is 7.41. The van der Waals surface area contributed by atoms with Crippen LogP contribution < -0.4 is 20.1 Å². The van der Waals surface area contributed by atoms with Crippen LogP contribution in [0.3, 0.4) is 0 Å². The fourth-order valence-corrected chi connectivity index (χ4v) is 3.41. The van der Waals surface area contributed by atoms with Crippen LogP contribution in [0.2, 0.25) is 0 Å². The molecule has 0 spiro atoms. The van der Waals surface area contributed by atoms with E-state index < -0.39 is 0 Å². The average Bonchev–Trinajstić information content (AvgIpc) is 3.30. The Bertz CT molecular complexity index is 1040. The van der Waals surface area contributed by atoms with Gasteiger partial charge < -0.3 is 20.1 Å². The molecule has 6 nitrogen and oxygen atoms in total. The molecule has 0 aliphatic carbocycles. The van der Waals surface area contributed by atoms with Crippen molar-refractivity contribution in [3.8, 4) is 11.5 Å². The van der Waals surface area contributed by atoms with Gasteiger partial charge in [-0.15, -0.1) is 11.3 Å². The molecule has 0 bridgehead atoms. The molecule has 160 valence electrons. The molecule has 1 aromatic heterocycles. The molecule has 7 heteroatoms. The molecule has 0 aliphatic heterocycles. The normalized spacial score (nSPS) is 11.0. The smallest absolute Gasteiger partial charge is 0.267 e. The number of amides is 2. The Hall–Kier alpha value is -3.58. The van der Waals surface area contributed by atoms with Crippen molar-refractivity contribution in [2.75, 3.05) is 20.3 Å². The number of para-hydroxylation sites is 1. The predicted molar refractivity (Wildman–Crippen MR) is 122 cm³/mol. The summed E-state index contributed by atoms with van der Waals surface area (Å²) in [6.45, 7) is 2.58. The van der Waals surface area contributed by atoms with E-state index in [1.807, 2.05) is 48.7 Å². The molecule has 2 amide bonds. The van der Waals surface area contributed by atoms with Crippen molar-refractivity contribution in [1.82, 2.24) is 10.6 Å². The Kier molecular flexibility index (Phi) is 7.84. The van der Waals surface area contributed by atoms with Crippen LogP contribution in [0.5, 0.6) is 11.5 Å². The van der Waals surface area contributed by atoms with E-state index in [9.17, 15) is 9.59 Å². The van der Waals surface area contributed by atoms with Gasteiger partial charge in [-0.25, -0.2) is 0 Å². The summed E-state index contributed by atoms with van der Waals surface area (Å²) in [5.41, 5.74) is 1.62. The van der Waals surface area contributed by atoms with Crippen LogP contribution in [0.4, 0.5) is 0 Å². The molecular formula is C24H24N2O4S. The minimum atomic E-state index is -0.386. The highest BCUT2D eigenvalue weighted by Crippen LogP contribution is 2.16. The van der Waals surface area contributed by atoms with Gasteiger partial charge in [0.05, 0.1) is 13.7 Å². The van der Waals surface area contributed by atoms with Crippen LogP contribution in [-0.4, -0.2) is 32.1 Å². The first-order chi connectivity index (χ1) is 15.1. The van der Waals surface area contributed by atoms with Crippen molar-refractivity contribution in [3.05, 3.63) is 87.7 Å². The van der Waals surface area contributed by atoms with E-state index in [1.165, 1.54) is 11.3 Å². The van der Waals surface area contributed by atoms with Crippen LogP contribution in [0.25, 0.3) is 6.08 Å². The summed E-state index contributed by atoms with van der Waals surface area (Å²) < 4.78 is 10.8. The van der Waals surface area contributed by atoms with Crippen molar-refractivity contribution >= 4 is 29.2 Å². The maximum atomic E-state index is 12.7. The van der Waals surface area contributed by atoms with Crippen LogP contribution >= 0.6 is 11.3 Å². The second-order valence-electron chi connectivity index (χ2n) is 6.63. The summed E-state index contributed by atoms with van der Waals surface area (Å²) in [4.78, 5) is 26.3. The number of nitrogens with one attached hydrogen (secondary N) is 2. The first kappa shape index (κ1) is 22.1. The number of hydrogen-bond acceptors (Lipinski definition) is 5. The summed E-state index contributed by atoms with van der Waals surface area (Å²) >= 11 is 1.47. The zero-order valence-corrected chi connectivity index (χ0v) is 18.2. The number of methoxy groups -OCH3 is 1. The standard InChI is InChI=1S/C24H24N2O4S/c1-17-6-3-4-8-22(17)30-14-13-25-24(28)21(16-20-7-5-15-31-20)26-23(27)18-9-11-19(29-2)12-10-18/h3-12,15-16H,13-14H2,1-2H3,(H,25,28)(H,26,27)/b21-16-. The van der Waals surface area contributed by atoms with E-state index >= 15 is 0 Å². The van der Waals surface area contributed by atoms with Crippen LogP contribution in [0.15, 0.2) is 71.7 Å². The highest BCUT2D eigenvalue weighted by Gasteiger charge is 2.15. The Morgan fingerprint density at radius 2 is 1.81 bits per heavy atom. The predicted octanol–water partition coefficient (Wildman–Crippen LogP) is 4.03. The maximum Gasteiger partial charge on any atom is 0.267 e. The van der Waals surface area contributed by atoms with Crippen molar-refractivity contribution in [2.45, 2.75) is 6.92 Å². The molecule has 0 fully saturated rings. The van der Waals surface area contributed by atoms with E-state index in [1.54, 1.807) is 37.5 Å². The topological polar surface area (TPSA) is 76.7 Å². The number of hydrogen-bond donors (Lipinski definition) is 2. The third-order valence-electron chi connectivity index (χ3n) is 4.41. The number of carbonyl (C=O) groups is 2. The molecule has 2 N–H and O–H groups in total. The van der Waals surface area contributed by atoms with Gasteiger partial charge >= 0.3 is 0 Å². The van der Waals surface area contributed by atoms with E-state index in [4.69, 9.17) is 9.47 Å². The third-order valence-corrected chi connectivity index (χ3v) is 5.23. The average molecular weight is 437 g/mol. The Labute approximate surface area is 185 Å². The number of ether oxygens (including phenoxy) is 2. The summed E-state index contributed by atoms with van der Waals surface area (Å²) in [5.74, 6) is 0.664. The van der Waals surface area contributed by atoms with Gasteiger partial charge in [-0.05, 0) is 60.3 Å². The minimum Gasteiger partial charge on any atom is -0.497 e. The molecule has 2 aromatic carbocycles. The number of thiophene rings is 1. The van der Waals surface area contributed by atoms with Gasteiger partial charge in [0.25, 0.3) is 11.8 Å². The molecule has 0 atom stereocenters. The van der Waals surface area contributed by atoms with Crippen LogP contribution in [0.1, 0.15) is 20.8 Å².